The number of halogens is 1. The summed E-state index contributed by atoms with van der Waals surface area (Å²) in [5.74, 6) is -1.84. The van der Waals surface area contributed by atoms with Gasteiger partial charge >= 0.3 is 5.97 Å². The summed E-state index contributed by atoms with van der Waals surface area (Å²) in [7, 11) is 2.73. The number of methoxy groups -OCH3 is 1. The number of anilines is 1. The van der Waals surface area contributed by atoms with Gasteiger partial charge in [0.15, 0.2) is 0 Å². The molecule has 0 spiro atoms. The lowest BCUT2D eigenvalue weighted by atomic mass is 10.1. The second-order valence-corrected chi connectivity index (χ2v) is 3.58. The first-order valence-electron chi connectivity index (χ1n) is 5.19. The van der Waals surface area contributed by atoms with Crippen LogP contribution in [0.2, 0.25) is 0 Å². The van der Waals surface area contributed by atoms with E-state index in [9.17, 15) is 19.3 Å². The molecule has 0 heterocycles. The second-order valence-electron chi connectivity index (χ2n) is 3.58. The molecule has 1 aromatic carbocycles. The molecule has 1 aromatic rings. The van der Waals surface area contributed by atoms with Gasteiger partial charge in [0.2, 0.25) is 0 Å². The van der Waals surface area contributed by atoms with E-state index in [0.717, 1.165) is 19.2 Å². The van der Waals surface area contributed by atoms with Crippen LogP contribution in [0.15, 0.2) is 12.1 Å². The lowest BCUT2D eigenvalue weighted by Crippen LogP contribution is -2.18. The molecule has 0 N–H and O–H groups in total. The Bertz CT molecular complexity index is 490. The van der Waals surface area contributed by atoms with Crippen LogP contribution in [0.4, 0.5) is 15.8 Å². The van der Waals surface area contributed by atoms with E-state index >= 15 is 0 Å². The van der Waals surface area contributed by atoms with E-state index in [1.165, 1.54) is 0 Å². The average Bonchev–Trinajstić information content (AvgIpc) is 2.36. The molecule has 0 saturated carbocycles. The zero-order valence-electron chi connectivity index (χ0n) is 10.3. The summed E-state index contributed by atoms with van der Waals surface area (Å²) < 4.78 is 18.0. The van der Waals surface area contributed by atoms with Crippen molar-refractivity contribution in [2.45, 2.75) is 6.92 Å². The van der Waals surface area contributed by atoms with E-state index in [-0.39, 0.29) is 16.9 Å². The Kier molecular flexibility index (Phi) is 4.19. The highest BCUT2D eigenvalue weighted by Gasteiger charge is 2.23. The fourth-order valence-electron chi connectivity index (χ4n) is 1.44. The molecule has 18 heavy (non-hydrogen) atoms. The van der Waals surface area contributed by atoms with E-state index < -0.39 is 16.7 Å². The van der Waals surface area contributed by atoms with E-state index in [2.05, 4.69) is 4.74 Å². The number of esters is 1. The standard InChI is InChI=1S/C11H13FN2O4/c1-4-13(2)9-5-7(11(15)18-3)8(12)6-10(9)14(16)17/h5-6H,4H2,1-3H3. The molecule has 0 amide bonds. The maximum absolute atomic E-state index is 13.6. The third kappa shape index (κ3) is 2.55. The van der Waals surface area contributed by atoms with Crippen LogP contribution in [0.3, 0.4) is 0 Å². The van der Waals surface area contributed by atoms with Crippen molar-refractivity contribution in [3.63, 3.8) is 0 Å². The Balaban J connectivity index is 3.45. The zero-order valence-corrected chi connectivity index (χ0v) is 10.3. The van der Waals surface area contributed by atoms with Crippen LogP contribution in [0, 0.1) is 15.9 Å². The monoisotopic (exact) mass is 256 g/mol. The summed E-state index contributed by atoms with van der Waals surface area (Å²) >= 11 is 0. The molecule has 0 aromatic heterocycles. The first-order valence-corrected chi connectivity index (χ1v) is 5.19. The summed E-state index contributed by atoms with van der Waals surface area (Å²) in [6.07, 6.45) is 0. The van der Waals surface area contributed by atoms with E-state index in [1.54, 1.807) is 18.9 Å². The molecule has 0 aliphatic carbocycles. The number of ether oxygens (including phenoxy) is 1. The van der Waals surface area contributed by atoms with Crippen LogP contribution in [0.25, 0.3) is 0 Å². The molecule has 98 valence electrons. The summed E-state index contributed by atoms with van der Waals surface area (Å²) in [4.78, 5) is 23.0. The SMILES string of the molecule is CCN(C)c1cc(C(=O)OC)c(F)cc1[N+](=O)[O-]. The average molecular weight is 256 g/mol. The smallest absolute Gasteiger partial charge is 0.340 e. The minimum absolute atomic E-state index is 0.171. The van der Waals surface area contributed by atoms with E-state index in [1.807, 2.05) is 0 Å². The number of benzene rings is 1. The van der Waals surface area contributed by atoms with Gasteiger partial charge in [0.1, 0.15) is 11.5 Å². The van der Waals surface area contributed by atoms with Gasteiger partial charge < -0.3 is 9.64 Å². The summed E-state index contributed by atoms with van der Waals surface area (Å²) in [5, 5.41) is 10.8. The molecule has 0 aliphatic heterocycles. The molecule has 0 saturated heterocycles. The number of nitro benzene ring substituents is 1. The van der Waals surface area contributed by atoms with Crippen molar-refractivity contribution in [2.75, 3.05) is 25.6 Å². The Morgan fingerprint density at radius 3 is 2.61 bits per heavy atom. The highest BCUT2D eigenvalue weighted by atomic mass is 19.1. The summed E-state index contributed by atoms with van der Waals surface area (Å²) in [6, 6.07) is 1.86. The second kappa shape index (κ2) is 5.44. The van der Waals surface area contributed by atoms with Crippen molar-refractivity contribution < 1.29 is 18.8 Å². The van der Waals surface area contributed by atoms with E-state index in [4.69, 9.17) is 0 Å². The van der Waals surface area contributed by atoms with Crippen molar-refractivity contribution in [2.24, 2.45) is 0 Å². The maximum Gasteiger partial charge on any atom is 0.340 e. The van der Waals surface area contributed by atoms with Crippen molar-refractivity contribution >= 4 is 17.3 Å². The molecule has 1 rings (SSSR count). The third-order valence-electron chi connectivity index (χ3n) is 2.55. The predicted octanol–water partition coefficient (Wildman–Crippen LogP) is 1.98. The van der Waals surface area contributed by atoms with Gasteiger partial charge in [0.25, 0.3) is 5.69 Å². The Morgan fingerprint density at radius 1 is 1.56 bits per heavy atom. The quantitative estimate of drug-likeness (QED) is 0.468. The van der Waals surface area contributed by atoms with Gasteiger partial charge in [-0.05, 0) is 13.0 Å². The number of nitrogens with zero attached hydrogens (tertiary/aromatic N) is 2. The van der Waals surface area contributed by atoms with Gasteiger partial charge in [0.05, 0.1) is 23.7 Å². The van der Waals surface area contributed by atoms with Crippen LogP contribution < -0.4 is 4.90 Å². The molecule has 0 atom stereocenters. The Labute approximate surface area is 103 Å². The maximum atomic E-state index is 13.6. The zero-order chi connectivity index (χ0) is 13.9. The molecule has 0 unspecified atom stereocenters. The molecule has 6 nitrogen and oxygen atoms in total. The molecule has 0 fully saturated rings. The van der Waals surface area contributed by atoms with Crippen molar-refractivity contribution in [1.29, 1.82) is 0 Å². The van der Waals surface area contributed by atoms with Crippen LogP contribution in [-0.4, -0.2) is 31.6 Å². The summed E-state index contributed by atoms with van der Waals surface area (Å²) in [5.41, 5.74) is -0.535. The van der Waals surface area contributed by atoms with Crippen molar-refractivity contribution in [1.82, 2.24) is 0 Å². The summed E-state index contributed by atoms with van der Waals surface area (Å²) in [6.45, 7) is 2.26. The lowest BCUT2D eigenvalue weighted by molar-refractivity contribution is -0.384. The van der Waals surface area contributed by atoms with Gasteiger partial charge in [-0.2, -0.15) is 0 Å². The van der Waals surface area contributed by atoms with Crippen molar-refractivity contribution in [3.8, 4) is 0 Å². The molecule has 0 bridgehead atoms. The lowest BCUT2D eigenvalue weighted by Gasteiger charge is -2.17. The molecular formula is C11H13FN2O4. The minimum atomic E-state index is -0.971. The molecular weight excluding hydrogens is 243 g/mol. The van der Waals surface area contributed by atoms with Crippen molar-refractivity contribution in [3.05, 3.63) is 33.6 Å². The fourth-order valence-corrected chi connectivity index (χ4v) is 1.44. The Hall–Kier alpha value is -2.18. The van der Waals surface area contributed by atoms with Gasteiger partial charge in [-0.15, -0.1) is 0 Å². The first kappa shape index (κ1) is 13.9. The molecule has 0 radical (unpaired) electrons. The normalized spacial score (nSPS) is 10.0. The third-order valence-corrected chi connectivity index (χ3v) is 2.55. The predicted molar refractivity (Wildman–Crippen MR) is 63.3 cm³/mol. The van der Waals surface area contributed by atoms with Gasteiger partial charge in [0, 0.05) is 13.6 Å². The number of hydrogen-bond acceptors (Lipinski definition) is 5. The number of hydrogen-bond donors (Lipinski definition) is 0. The highest BCUT2D eigenvalue weighted by Crippen LogP contribution is 2.30. The number of nitro groups is 1. The van der Waals surface area contributed by atoms with Gasteiger partial charge in [-0.25, -0.2) is 9.18 Å². The van der Waals surface area contributed by atoms with Crippen LogP contribution in [0.5, 0.6) is 0 Å². The van der Waals surface area contributed by atoms with Gasteiger partial charge in [-0.3, -0.25) is 10.1 Å². The van der Waals surface area contributed by atoms with E-state index in [0.29, 0.717) is 6.54 Å². The van der Waals surface area contributed by atoms with Crippen LogP contribution >= 0.6 is 0 Å². The minimum Gasteiger partial charge on any atom is -0.465 e. The van der Waals surface area contributed by atoms with Crippen LogP contribution in [0.1, 0.15) is 17.3 Å². The molecule has 0 aliphatic rings. The highest BCUT2D eigenvalue weighted by molar-refractivity contribution is 5.92. The largest absolute Gasteiger partial charge is 0.465 e. The van der Waals surface area contributed by atoms with Gasteiger partial charge in [-0.1, -0.05) is 0 Å². The first-order chi connectivity index (χ1) is 8.42. The number of carbonyl (C=O) groups is 1. The van der Waals surface area contributed by atoms with Crippen LogP contribution in [-0.2, 0) is 4.74 Å². The molecule has 7 heteroatoms. The fraction of sp³-hybridized carbons (Fsp3) is 0.364. The topological polar surface area (TPSA) is 72.7 Å². The Morgan fingerprint density at radius 2 is 2.17 bits per heavy atom. The number of rotatable bonds is 4. The number of carbonyl (C=O) groups excluding carboxylic acids is 1.